The van der Waals surface area contributed by atoms with Crippen molar-refractivity contribution in [3.05, 3.63) is 11.6 Å². The van der Waals surface area contributed by atoms with Crippen LogP contribution < -0.4 is 5.73 Å². The molecule has 0 unspecified atom stereocenters. The van der Waals surface area contributed by atoms with Crippen molar-refractivity contribution < 1.29 is 49.1 Å². The third-order valence-electron chi connectivity index (χ3n) is 11.2. The van der Waals surface area contributed by atoms with Crippen LogP contribution in [-0.4, -0.2) is 80.7 Å². The van der Waals surface area contributed by atoms with Crippen LogP contribution in [0.3, 0.4) is 0 Å². The second-order valence-corrected chi connectivity index (χ2v) is 13.5. The molecular formula is C31H47NO10. The summed E-state index contributed by atoms with van der Waals surface area (Å²) < 4.78 is 11.3. The fraction of sp³-hybridized carbons (Fsp3) is 0.806. The molecule has 0 aromatic carbocycles. The maximum absolute atomic E-state index is 14.2. The molecule has 0 spiro atoms. The Hall–Kier alpha value is -2.34. The quantitative estimate of drug-likeness (QED) is 0.201. The van der Waals surface area contributed by atoms with Gasteiger partial charge >= 0.3 is 11.9 Å². The summed E-state index contributed by atoms with van der Waals surface area (Å²) in [5.41, 5.74) is 4.15. The molecule has 0 aliphatic heterocycles. The fourth-order valence-corrected chi connectivity index (χ4v) is 9.36. The molecule has 0 aromatic rings. The summed E-state index contributed by atoms with van der Waals surface area (Å²) >= 11 is 0. The van der Waals surface area contributed by atoms with Gasteiger partial charge in [0.25, 0.3) is 0 Å². The van der Waals surface area contributed by atoms with Crippen molar-refractivity contribution in [3.8, 4) is 0 Å². The van der Waals surface area contributed by atoms with Gasteiger partial charge in [0.2, 0.25) is 5.91 Å². The van der Waals surface area contributed by atoms with Gasteiger partial charge < -0.3 is 35.6 Å². The number of carbonyl (C=O) groups excluding carboxylic acids is 4. The Morgan fingerprint density at radius 1 is 1.05 bits per heavy atom. The van der Waals surface area contributed by atoms with Crippen molar-refractivity contribution in [2.75, 3.05) is 0 Å². The number of aliphatic hydroxyl groups is 4. The Bertz CT molecular complexity index is 1120. The van der Waals surface area contributed by atoms with Crippen molar-refractivity contribution in [2.45, 2.75) is 116 Å². The van der Waals surface area contributed by atoms with E-state index >= 15 is 0 Å². The first kappa shape index (κ1) is 32.6. The van der Waals surface area contributed by atoms with Crippen LogP contribution in [0.25, 0.3) is 0 Å². The minimum Gasteiger partial charge on any atom is -0.458 e. The van der Waals surface area contributed by atoms with Gasteiger partial charge in [0, 0.05) is 36.5 Å². The number of ether oxygens (including phenoxy) is 2. The van der Waals surface area contributed by atoms with Crippen molar-refractivity contribution in [2.24, 2.45) is 46.2 Å². The summed E-state index contributed by atoms with van der Waals surface area (Å²) in [5, 5.41) is 44.4. The summed E-state index contributed by atoms with van der Waals surface area (Å²) in [5.74, 6) is -4.41. The second kappa shape index (κ2) is 12.0. The number of rotatable bonds is 8. The van der Waals surface area contributed by atoms with Crippen molar-refractivity contribution in [1.82, 2.24) is 0 Å². The lowest BCUT2D eigenvalue weighted by Crippen LogP contribution is -2.68. The number of aliphatic hydroxyl groups excluding tert-OH is 4. The summed E-state index contributed by atoms with van der Waals surface area (Å²) in [6.45, 7) is 8.46. The lowest BCUT2D eigenvalue weighted by atomic mass is 9.42. The SMILES string of the molecule is CC[C@H](O)CC(=O)O[C@@H]1[C@H](OC(C)=O)[C@@H]2CC[C@@H]3[C@H]([C@H](O)C(=O)[C@@]4(C)[C@H]3[C@H](O)C[C@@H]4/C(C)=C/CC(N)=O)[C@@]2(C)C[C@H]1O. The van der Waals surface area contributed by atoms with E-state index in [1.165, 1.54) is 6.92 Å². The number of primary amides is 1. The van der Waals surface area contributed by atoms with E-state index in [1.54, 1.807) is 19.9 Å². The average molecular weight is 594 g/mol. The predicted octanol–water partition coefficient (Wildman–Crippen LogP) is 1.17. The normalized spacial score (nSPS) is 43.9. The lowest BCUT2D eigenvalue weighted by Gasteiger charge is -2.63. The first-order chi connectivity index (χ1) is 19.6. The van der Waals surface area contributed by atoms with Crippen molar-refractivity contribution in [1.29, 1.82) is 0 Å². The third kappa shape index (κ3) is 5.42. The van der Waals surface area contributed by atoms with Gasteiger partial charge in [-0.1, -0.05) is 32.4 Å². The van der Waals surface area contributed by atoms with Crippen LogP contribution in [0.2, 0.25) is 0 Å². The maximum atomic E-state index is 14.2. The number of ketones is 1. The monoisotopic (exact) mass is 593 g/mol. The summed E-state index contributed by atoms with van der Waals surface area (Å²) in [6, 6.07) is 0. The number of hydrogen-bond acceptors (Lipinski definition) is 10. The molecule has 6 N–H and O–H groups in total. The molecule has 0 aromatic heterocycles. The Balaban J connectivity index is 1.69. The second-order valence-electron chi connectivity index (χ2n) is 13.5. The minimum atomic E-state index is -1.40. The molecule has 4 saturated carbocycles. The number of nitrogens with two attached hydrogens (primary N) is 1. The van der Waals surface area contributed by atoms with Gasteiger partial charge in [-0.15, -0.1) is 0 Å². The lowest BCUT2D eigenvalue weighted by molar-refractivity contribution is -0.241. The maximum Gasteiger partial charge on any atom is 0.308 e. The van der Waals surface area contributed by atoms with Gasteiger partial charge in [-0.05, 0) is 56.3 Å². The predicted molar refractivity (Wildman–Crippen MR) is 149 cm³/mol. The Kier molecular flexibility index (Phi) is 9.29. The largest absolute Gasteiger partial charge is 0.458 e. The molecule has 11 nitrogen and oxygen atoms in total. The molecule has 4 aliphatic rings. The highest BCUT2D eigenvalue weighted by Crippen LogP contribution is 2.67. The van der Waals surface area contributed by atoms with Crippen LogP contribution in [0.4, 0.5) is 0 Å². The molecule has 42 heavy (non-hydrogen) atoms. The van der Waals surface area contributed by atoms with Gasteiger partial charge in [0.05, 0.1) is 24.7 Å². The Labute approximate surface area is 246 Å². The molecule has 0 radical (unpaired) electrons. The van der Waals surface area contributed by atoms with Crippen molar-refractivity contribution in [3.63, 3.8) is 0 Å². The van der Waals surface area contributed by atoms with Gasteiger partial charge in [-0.3, -0.25) is 19.2 Å². The van der Waals surface area contributed by atoms with Crippen LogP contribution in [0.15, 0.2) is 11.6 Å². The van der Waals surface area contributed by atoms with E-state index in [1.807, 2.05) is 13.8 Å². The molecule has 0 heterocycles. The van der Waals surface area contributed by atoms with Crippen LogP contribution in [0, 0.1) is 40.4 Å². The summed E-state index contributed by atoms with van der Waals surface area (Å²) in [7, 11) is 0. The topological polar surface area (TPSA) is 194 Å². The number of esters is 2. The van der Waals surface area contributed by atoms with Gasteiger partial charge in [0.1, 0.15) is 12.2 Å². The molecule has 13 atom stereocenters. The van der Waals surface area contributed by atoms with E-state index in [9.17, 15) is 39.6 Å². The summed E-state index contributed by atoms with van der Waals surface area (Å²) in [6.07, 6.45) is -3.37. The number of hydrogen-bond donors (Lipinski definition) is 5. The molecule has 0 bridgehead atoms. The van der Waals surface area contributed by atoms with Gasteiger partial charge in [0.15, 0.2) is 11.9 Å². The fourth-order valence-electron chi connectivity index (χ4n) is 9.36. The number of Topliss-reactive ketones (excluding diaryl/α,β-unsaturated/α-hetero) is 1. The van der Waals surface area contributed by atoms with Gasteiger partial charge in [-0.25, -0.2) is 0 Å². The summed E-state index contributed by atoms with van der Waals surface area (Å²) in [4.78, 5) is 50.4. The highest BCUT2D eigenvalue weighted by atomic mass is 16.6. The molecule has 4 fully saturated rings. The zero-order chi connectivity index (χ0) is 31.3. The zero-order valence-corrected chi connectivity index (χ0v) is 25.2. The van der Waals surface area contributed by atoms with E-state index in [0.29, 0.717) is 25.7 Å². The Morgan fingerprint density at radius 2 is 1.71 bits per heavy atom. The van der Waals surface area contributed by atoms with Gasteiger partial charge in [-0.2, -0.15) is 0 Å². The molecule has 1 amide bonds. The molecule has 0 saturated heterocycles. The number of fused-ring (bicyclic) bond motifs is 5. The molecule has 11 heteroatoms. The smallest absolute Gasteiger partial charge is 0.308 e. The standard InChI is InChI=1S/C31H47NO10/c1-6-16(34)11-23(38)42-28-21(36)13-30(4)18(27(28)41-15(3)33)9-8-17-24-20(35)12-19(14(2)7-10-22(32)37)31(24,5)29(40)26(39)25(17)30/h7,16-21,24-28,34-36,39H,6,8-13H2,1-5H3,(H2,32,37)/b14-7+/t16-,17-,18-,19+,20+,21+,24+,25+,26-,27+,28-,30-,31+/m0/s1. The van der Waals surface area contributed by atoms with Crippen LogP contribution in [-0.2, 0) is 28.7 Å². The Morgan fingerprint density at radius 3 is 2.31 bits per heavy atom. The molecule has 4 rings (SSSR count). The number of carbonyl (C=O) groups is 4. The van der Waals surface area contributed by atoms with E-state index in [0.717, 1.165) is 5.57 Å². The first-order valence-corrected chi connectivity index (χ1v) is 15.2. The molecular weight excluding hydrogens is 546 g/mol. The minimum absolute atomic E-state index is 0.0142. The first-order valence-electron chi connectivity index (χ1n) is 15.2. The van der Waals surface area contributed by atoms with Crippen LogP contribution >= 0.6 is 0 Å². The van der Waals surface area contributed by atoms with Crippen LogP contribution in [0.1, 0.15) is 79.6 Å². The average Bonchev–Trinajstić information content (AvgIpc) is 3.18. The van der Waals surface area contributed by atoms with Crippen LogP contribution in [0.5, 0.6) is 0 Å². The zero-order valence-electron chi connectivity index (χ0n) is 25.2. The third-order valence-corrected chi connectivity index (χ3v) is 11.2. The number of allylic oxidation sites excluding steroid dienone is 1. The van der Waals surface area contributed by atoms with Crippen molar-refractivity contribution >= 4 is 23.6 Å². The van der Waals surface area contributed by atoms with E-state index in [2.05, 4.69) is 0 Å². The van der Waals surface area contributed by atoms with E-state index in [-0.39, 0.29) is 36.9 Å². The van der Waals surface area contributed by atoms with E-state index < -0.39 is 83.1 Å². The highest BCUT2D eigenvalue weighted by Gasteiger charge is 2.71. The highest BCUT2D eigenvalue weighted by molar-refractivity contribution is 5.91. The molecule has 4 aliphatic carbocycles. The van der Waals surface area contributed by atoms with E-state index in [4.69, 9.17) is 15.2 Å². The number of amides is 1. The molecule has 236 valence electrons.